The molecule has 1 N–H and O–H groups in total. The Morgan fingerprint density at radius 2 is 1.82 bits per heavy atom. The summed E-state index contributed by atoms with van der Waals surface area (Å²) in [7, 11) is 2.19. The zero-order valence-corrected chi connectivity index (χ0v) is 16.1. The topological polar surface area (TPSA) is 70.1 Å². The molecule has 0 radical (unpaired) electrons. The molecule has 3 aromatic rings. The van der Waals surface area contributed by atoms with E-state index in [9.17, 15) is 0 Å². The van der Waals surface area contributed by atoms with Gasteiger partial charge in [0.1, 0.15) is 17.8 Å². The number of nitrogens with zero attached hydrogens (tertiary/aromatic N) is 6. The van der Waals surface area contributed by atoms with Crippen molar-refractivity contribution in [3.8, 4) is 11.5 Å². The zero-order chi connectivity index (χ0) is 19.2. The van der Waals surface area contributed by atoms with E-state index in [4.69, 9.17) is 0 Å². The summed E-state index contributed by atoms with van der Waals surface area (Å²) < 4.78 is 0. The van der Waals surface area contributed by atoms with Crippen LogP contribution in [0.15, 0.2) is 61.2 Å². The molecule has 7 heteroatoms. The van der Waals surface area contributed by atoms with Crippen molar-refractivity contribution in [2.24, 2.45) is 0 Å². The van der Waals surface area contributed by atoms with Crippen molar-refractivity contribution in [1.29, 1.82) is 0 Å². The van der Waals surface area contributed by atoms with Crippen molar-refractivity contribution in [3.05, 3.63) is 66.7 Å². The molecule has 0 saturated carbocycles. The molecule has 4 rings (SSSR count). The van der Waals surface area contributed by atoms with Gasteiger partial charge < -0.3 is 10.2 Å². The van der Waals surface area contributed by atoms with Gasteiger partial charge in [0.15, 0.2) is 5.82 Å². The van der Waals surface area contributed by atoms with Crippen LogP contribution in [0.25, 0.3) is 11.5 Å². The fourth-order valence-corrected chi connectivity index (χ4v) is 3.55. The molecular weight excluding hydrogens is 350 g/mol. The summed E-state index contributed by atoms with van der Waals surface area (Å²) in [4.78, 5) is 22.1. The molecule has 1 saturated heterocycles. The number of likely N-dealkylation sites (N-methyl/N-ethyl adjacent to an activating group) is 1. The third kappa shape index (κ3) is 4.49. The van der Waals surface area contributed by atoms with Gasteiger partial charge in [0.05, 0.1) is 0 Å². The predicted octanol–water partition coefficient (Wildman–Crippen LogP) is 2.33. The molecule has 1 aliphatic heterocycles. The monoisotopic (exact) mass is 375 g/mol. The van der Waals surface area contributed by atoms with Gasteiger partial charge in [0, 0.05) is 57.2 Å². The Morgan fingerprint density at radius 1 is 1.00 bits per heavy atom. The number of rotatable bonds is 6. The van der Waals surface area contributed by atoms with E-state index < -0.39 is 0 Å². The maximum absolute atomic E-state index is 4.33. The van der Waals surface area contributed by atoms with Crippen molar-refractivity contribution < 1.29 is 0 Å². The molecule has 2 aromatic heterocycles. The van der Waals surface area contributed by atoms with Crippen LogP contribution in [0.2, 0.25) is 0 Å². The highest BCUT2D eigenvalue weighted by atomic mass is 15.3. The van der Waals surface area contributed by atoms with Crippen LogP contribution in [0.3, 0.4) is 0 Å². The summed E-state index contributed by atoms with van der Waals surface area (Å²) in [5, 5.41) is 3.42. The second-order valence-corrected chi connectivity index (χ2v) is 7.01. The lowest BCUT2D eigenvalue weighted by atomic mass is 10.0. The van der Waals surface area contributed by atoms with Gasteiger partial charge in [-0.15, -0.1) is 0 Å². The fourth-order valence-electron chi connectivity index (χ4n) is 3.55. The van der Waals surface area contributed by atoms with E-state index in [1.54, 1.807) is 24.8 Å². The summed E-state index contributed by atoms with van der Waals surface area (Å²) in [6.07, 6.45) is 4.99. The first-order valence-electron chi connectivity index (χ1n) is 9.60. The standard InChI is InChI=1S/C21H25N7/c1-27-12-13-28(19(15-27)17-6-3-2-4-7-17)11-10-22-20-14-18(25-16-26-20)21-23-8-5-9-24-21/h2-9,14,16,19H,10-13,15H2,1H3,(H,22,25,26). The van der Waals surface area contributed by atoms with Gasteiger partial charge in [-0.05, 0) is 18.7 Å². The average Bonchev–Trinajstić information content (AvgIpc) is 2.76. The van der Waals surface area contributed by atoms with Crippen LogP contribution in [0.5, 0.6) is 0 Å². The largest absolute Gasteiger partial charge is 0.369 e. The van der Waals surface area contributed by atoms with Gasteiger partial charge in [-0.25, -0.2) is 19.9 Å². The molecule has 0 aliphatic carbocycles. The second kappa shape index (κ2) is 8.86. The van der Waals surface area contributed by atoms with Crippen molar-refractivity contribution in [2.45, 2.75) is 6.04 Å². The van der Waals surface area contributed by atoms with E-state index >= 15 is 0 Å². The third-order valence-electron chi connectivity index (χ3n) is 5.05. The summed E-state index contributed by atoms with van der Waals surface area (Å²) >= 11 is 0. The van der Waals surface area contributed by atoms with Gasteiger partial charge in [0.25, 0.3) is 0 Å². The van der Waals surface area contributed by atoms with Gasteiger partial charge in [-0.2, -0.15) is 0 Å². The first-order valence-corrected chi connectivity index (χ1v) is 9.60. The lowest BCUT2D eigenvalue weighted by Crippen LogP contribution is -2.48. The fraction of sp³-hybridized carbons (Fsp3) is 0.333. The minimum Gasteiger partial charge on any atom is -0.369 e. The van der Waals surface area contributed by atoms with E-state index in [0.717, 1.165) is 44.2 Å². The SMILES string of the molecule is CN1CCN(CCNc2cc(-c3ncccn3)ncn2)C(c2ccccc2)C1. The van der Waals surface area contributed by atoms with E-state index in [0.29, 0.717) is 11.9 Å². The maximum atomic E-state index is 4.33. The quantitative estimate of drug-likeness (QED) is 0.709. The van der Waals surface area contributed by atoms with Crippen molar-refractivity contribution in [1.82, 2.24) is 29.7 Å². The van der Waals surface area contributed by atoms with Gasteiger partial charge >= 0.3 is 0 Å². The molecule has 0 spiro atoms. The highest BCUT2D eigenvalue weighted by molar-refractivity contribution is 5.53. The van der Waals surface area contributed by atoms with Crippen LogP contribution in [0.4, 0.5) is 5.82 Å². The normalized spacial score (nSPS) is 18.1. The first kappa shape index (κ1) is 18.5. The Balaban J connectivity index is 1.39. The number of anilines is 1. The number of hydrogen-bond acceptors (Lipinski definition) is 7. The smallest absolute Gasteiger partial charge is 0.178 e. The van der Waals surface area contributed by atoms with Gasteiger partial charge in [-0.3, -0.25) is 4.90 Å². The van der Waals surface area contributed by atoms with Crippen molar-refractivity contribution in [2.75, 3.05) is 45.1 Å². The molecule has 0 amide bonds. The molecule has 144 valence electrons. The molecule has 7 nitrogen and oxygen atoms in total. The number of piperazine rings is 1. The molecule has 1 aliphatic rings. The molecule has 0 bridgehead atoms. The summed E-state index contributed by atoms with van der Waals surface area (Å²) in [5.74, 6) is 1.40. The van der Waals surface area contributed by atoms with Crippen LogP contribution >= 0.6 is 0 Å². The number of aromatic nitrogens is 4. The molecule has 1 unspecified atom stereocenters. The number of nitrogens with one attached hydrogen (secondary N) is 1. The Labute approximate surface area is 165 Å². The van der Waals surface area contributed by atoms with Gasteiger partial charge in [0.2, 0.25) is 0 Å². The molecular formula is C21H25N7. The third-order valence-corrected chi connectivity index (χ3v) is 5.05. The van der Waals surface area contributed by atoms with E-state index in [1.165, 1.54) is 5.56 Å². The molecule has 1 aromatic carbocycles. The van der Waals surface area contributed by atoms with E-state index in [1.807, 2.05) is 6.07 Å². The average molecular weight is 375 g/mol. The van der Waals surface area contributed by atoms with Crippen LogP contribution in [-0.2, 0) is 0 Å². The first-order chi connectivity index (χ1) is 13.8. The van der Waals surface area contributed by atoms with Gasteiger partial charge in [-0.1, -0.05) is 30.3 Å². The molecule has 28 heavy (non-hydrogen) atoms. The molecule has 1 fully saturated rings. The van der Waals surface area contributed by atoms with Crippen molar-refractivity contribution >= 4 is 5.82 Å². The Kier molecular flexibility index (Phi) is 5.84. The molecule has 3 heterocycles. The van der Waals surface area contributed by atoms with E-state index in [2.05, 4.69) is 72.4 Å². The van der Waals surface area contributed by atoms with Crippen molar-refractivity contribution in [3.63, 3.8) is 0 Å². The van der Waals surface area contributed by atoms with Crippen LogP contribution in [0, 0.1) is 0 Å². The summed E-state index contributed by atoms with van der Waals surface area (Å²) in [6, 6.07) is 14.9. The maximum Gasteiger partial charge on any atom is 0.178 e. The van der Waals surface area contributed by atoms with E-state index in [-0.39, 0.29) is 0 Å². The number of benzene rings is 1. The minimum absolute atomic E-state index is 0.417. The summed E-state index contributed by atoms with van der Waals surface area (Å²) in [5.41, 5.74) is 2.10. The number of hydrogen-bond donors (Lipinski definition) is 1. The Morgan fingerprint density at radius 3 is 2.64 bits per heavy atom. The molecule has 1 atom stereocenters. The Hall–Kier alpha value is -2.90. The van der Waals surface area contributed by atoms with Crippen LogP contribution in [0.1, 0.15) is 11.6 Å². The lowest BCUT2D eigenvalue weighted by Gasteiger charge is -2.40. The second-order valence-electron chi connectivity index (χ2n) is 7.01. The highest BCUT2D eigenvalue weighted by Crippen LogP contribution is 2.24. The lowest BCUT2D eigenvalue weighted by molar-refractivity contribution is 0.0938. The minimum atomic E-state index is 0.417. The van der Waals surface area contributed by atoms with Crippen LogP contribution < -0.4 is 5.32 Å². The highest BCUT2D eigenvalue weighted by Gasteiger charge is 2.25. The zero-order valence-electron chi connectivity index (χ0n) is 16.1. The predicted molar refractivity (Wildman–Crippen MR) is 110 cm³/mol. The Bertz CT molecular complexity index is 872. The van der Waals surface area contributed by atoms with Crippen LogP contribution in [-0.4, -0.2) is 69.5 Å². The summed E-state index contributed by atoms with van der Waals surface area (Å²) in [6.45, 7) is 4.97.